The van der Waals surface area contributed by atoms with Gasteiger partial charge in [0.15, 0.2) is 0 Å². The van der Waals surface area contributed by atoms with E-state index in [1.165, 1.54) is 6.42 Å². The van der Waals surface area contributed by atoms with Crippen LogP contribution in [-0.4, -0.2) is 12.0 Å². The third kappa shape index (κ3) is 5.48. The number of amides is 1. The summed E-state index contributed by atoms with van der Waals surface area (Å²) in [6.07, 6.45) is 4.07. The minimum atomic E-state index is -0.285. The Morgan fingerprint density at radius 2 is 1.80 bits per heavy atom. The third-order valence-electron chi connectivity index (χ3n) is 4.43. The van der Waals surface area contributed by atoms with E-state index in [4.69, 9.17) is 10.5 Å². The van der Waals surface area contributed by atoms with Gasteiger partial charge in [0, 0.05) is 24.6 Å². The van der Waals surface area contributed by atoms with Crippen LogP contribution in [0, 0.1) is 0 Å². The molecule has 0 bridgehead atoms. The lowest BCUT2D eigenvalue weighted by molar-refractivity contribution is -0.121. The van der Waals surface area contributed by atoms with Crippen LogP contribution in [0.4, 0.5) is 0 Å². The Hall–Kier alpha value is -2.04. The highest BCUT2D eigenvalue weighted by Gasteiger charge is 2.20. The molecule has 2 aromatic rings. The number of nitrogens with two attached hydrogens (primary N) is 1. The molecular weight excluding hydrogens is 336 g/mol. The van der Waals surface area contributed by atoms with Gasteiger partial charge in [0.05, 0.1) is 6.10 Å². The van der Waals surface area contributed by atoms with Crippen LogP contribution in [0.3, 0.4) is 0 Å². The van der Waals surface area contributed by atoms with Gasteiger partial charge in [0.25, 0.3) is 0 Å². The molecule has 3 N–H and O–H groups in total. The molecule has 5 heteroatoms. The molecule has 1 atom stereocenters. The second kappa shape index (κ2) is 9.44. The first-order valence-electron chi connectivity index (χ1n) is 8.54. The monoisotopic (exact) mass is 360 g/mol. The zero-order chi connectivity index (χ0) is 16.8. The minimum absolute atomic E-state index is 0. The van der Waals surface area contributed by atoms with Gasteiger partial charge in [-0.15, -0.1) is 12.4 Å². The van der Waals surface area contributed by atoms with Crippen molar-refractivity contribution in [3.8, 4) is 5.75 Å². The van der Waals surface area contributed by atoms with Crippen LogP contribution in [0.1, 0.15) is 42.9 Å². The van der Waals surface area contributed by atoms with Crippen molar-refractivity contribution in [1.29, 1.82) is 0 Å². The number of halogens is 1. The largest absolute Gasteiger partial charge is 0.490 e. The first-order chi connectivity index (χ1) is 11.7. The van der Waals surface area contributed by atoms with E-state index >= 15 is 0 Å². The normalized spacial score (nSPS) is 14.8. The molecule has 25 heavy (non-hydrogen) atoms. The molecule has 134 valence electrons. The molecule has 0 spiro atoms. The van der Waals surface area contributed by atoms with Crippen LogP contribution >= 0.6 is 12.4 Å². The fourth-order valence-corrected chi connectivity index (χ4v) is 2.72. The van der Waals surface area contributed by atoms with Crippen molar-refractivity contribution in [2.75, 3.05) is 0 Å². The van der Waals surface area contributed by atoms with E-state index in [9.17, 15) is 4.79 Å². The van der Waals surface area contributed by atoms with Gasteiger partial charge >= 0.3 is 0 Å². The first kappa shape index (κ1) is 19.3. The number of para-hydroxylation sites is 1. The Labute approximate surface area is 155 Å². The van der Waals surface area contributed by atoms with Crippen LogP contribution in [-0.2, 0) is 11.3 Å². The smallest absolute Gasteiger partial charge is 0.222 e. The van der Waals surface area contributed by atoms with E-state index in [1.807, 2.05) is 54.6 Å². The number of nitrogens with one attached hydrogen (secondary N) is 1. The maximum atomic E-state index is 12.2. The lowest BCUT2D eigenvalue weighted by atomic mass is 9.96. The summed E-state index contributed by atoms with van der Waals surface area (Å²) in [6, 6.07) is 17.3. The quantitative estimate of drug-likeness (QED) is 0.790. The number of rotatable bonds is 7. The Kier molecular flexibility index (Phi) is 7.29. The van der Waals surface area contributed by atoms with Crippen molar-refractivity contribution in [1.82, 2.24) is 5.32 Å². The third-order valence-corrected chi connectivity index (χ3v) is 4.43. The highest BCUT2D eigenvalue weighted by Crippen LogP contribution is 2.27. The molecule has 1 saturated carbocycles. The molecule has 1 aliphatic rings. The second-order valence-electron chi connectivity index (χ2n) is 6.28. The van der Waals surface area contributed by atoms with Gasteiger partial charge in [-0.2, -0.15) is 0 Å². The van der Waals surface area contributed by atoms with Crippen molar-refractivity contribution in [3.05, 3.63) is 65.7 Å². The Balaban J connectivity index is 0.00000225. The zero-order valence-corrected chi connectivity index (χ0v) is 15.0. The van der Waals surface area contributed by atoms with Crippen LogP contribution < -0.4 is 15.8 Å². The summed E-state index contributed by atoms with van der Waals surface area (Å²) < 4.78 is 5.99. The predicted molar refractivity (Wildman–Crippen MR) is 102 cm³/mol. The van der Waals surface area contributed by atoms with E-state index in [1.54, 1.807) is 0 Å². The molecule has 0 heterocycles. The summed E-state index contributed by atoms with van der Waals surface area (Å²) in [6.45, 7) is 0.462. The van der Waals surface area contributed by atoms with E-state index in [0.717, 1.165) is 29.7 Å². The average Bonchev–Trinajstić information content (AvgIpc) is 2.58. The molecule has 2 aromatic carbocycles. The summed E-state index contributed by atoms with van der Waals surface area (Å²) in [7, 11) is 0. The van der Waals surface area contributed by atoms with Gasteiger partial charge in [-0.25, -0.2) is 0 Å². The Morgan fingerprint density at radius 1 is 1.12 bits per heavy atom. The van der Waals surface area contributed by atoms with Gasteiger partial charge in [0.2, 0.25) is 5.91 Å². The van der Waals surface area contributed by atoms with E-state index in [-0.39, 0.29) is 30.8 Å². The summed E-state index contributed by atoms with van der Waals surface area (Å²) >= 11 is 0. The molecule has 1 unspecified atom stereocenters. The molecule has 0 aromatic heterocycles. The number of hydrogen-bond donors (Lipinski definition) is 2. The molecule has 3 rings (SSSR count). The Morgan fingerprint density at radius 3 is 2.48 bits per heavy atom. The van der Waals surface area contributed by atoms with Gasteiger partial charge in [-0.1, -0.05) is 48.5 Å². The van der Waals surface area contributed by atoms with E-state index in [0.29, 0.717) is 12.6 Å². The van der Waals surface area contributed by atoms with Gasteiger partial charge in [-0.3, -0.25) is 4.79 Å². The lowest BCUT2D eigenvalue weighted by Gasteiger charge is -2.27. The van der Waals surface area contributed by atoms with Crippen molar-refractivity contribution >= 4 is 18.3 Å². The molecule has 0 radical (unpaired) electrons. The van der Waals surface area contributed by atoms with E-state index < -0.39 is 0 Å². The minimum Gasteiger partial charge on any atom is -0.490 e. The maximum Gasteiger partial charge on any atom is 0.222 e. The maximum absolute atomic E-state index is 12.2. The fourth-order valence-electron chi connectivity index (χ4n) is 2.72. The molecule has 0 saturated heterocycles. The molecule has 0 aliphatic heterocycles. The van der Waals surface area contributed by atoms with Gasteiger partial charge < -0.3 is 15.8 Å². The molecule has 4 nitrogen and oxygen atoms in total. The summed E-state index contributed by atoms with van der Waals surface area (Å²) in [4.78, 5) is 12.2. The second-order valence-corrected chi connectivity index (χ2v) is 6.28. The van der Waals surface area contributed by atoms with Crippen molar-refractivity contribution in [2.45, 2.75) is 44.4 Å². The number of ether oxygens (including phenoxy) is 1. The van der Waals surface area contributed by atoms with Gasteiger partial charge in [-0.05, 0) is 30.9 Å². The summed E-state index contributed by atoms with van der Waals surface area (Å²) in [5.41, 5.74) is 8.08. The SMILES string of the molecule is Cl.NC(CC(=O)NCc1ccccc1OC1CCC1)c1ccccc1. The molecule has 1 fully saturated rings. The zero-order valence-electron chi connectivity index (χ0n) is 14.2. The highest BCUT2D eigenvalue weighted by atomic mass is 35.5. The first-order valence-corrected chi connectivity index (χ1v) is 8.54. The molecule has 1 amide bonds. The van der Waals surface area contributed by atoms with Crippen LogP contribution in [0.2, 0.25) is 0 Å². The van der Waals surface area contributed by atoms with Crippen molar-refractivity contribution in [2.24, 2.45) is 5.73 Å². The highest BCUT2D eigenvalue weighted by molar-refractivity contribution is 5.85. The average molecular weight is 361 g/mol. The number of benzene rings is 2. The van der Waals surface area contributed by atoms with E-state index in [2.05, 4.69) is 5.32 Å². The molecular formula is C20H25ClN2O2. The topological polar surface area (TPSA) is 64.4 Å². The molecule has 1 aliphatic carbocycles. The van der Waals surface area contributed by atoms with Crippen molar-refractivity contribution in [3.63, 3.8) is 0 Å². The van der Waals surface area contributed by atoms with Crippen LogP contribution in [0.25, 0.3) is 0 Å². The summed E-state index contributed by atoms with van der Waals surface area (Å²) in [5.74, 6) is 0.819. The number of carbonyl (C=O) groups is 1. The van der Waals surface area contributed by atoms with Crippen LogP contribution in [0.5, 0.6) is 5.75 Å². The predicted octanol–water partition coefficient (Wildman–Crippen LogP) is 3.75. The van der Waals surface area contributed by atoms with Crippen LogP contribution in [0.15, 0.2) is 54.6 Å². The number of carbonyl (C=O) groups excluding carboxylic acids is 1. The lowest BCUT2D eigenvalue weighted by Crippen LogP contribution is -2.28. The van der Waals surface area contributed by atoms with Gasteiger partial charge in [0.1, 0.15) is 5.75 Å². The number of hydrogen-bond acceptors (Lipinski definition) is 3. The fraction of sp³-hybridized carbons (Fsp3) is 0.350. The Bertz CT molecular complexity index is 674. The standard InChI is InChI=1S/C20H24N2O2.ClH/c21-18(15-7-2-1-3-8-15)13-20(23)22-14-16-9-4-5-12-19(16)24-17-10-6-11-17;/h1-5,7-9,12,17-18H,6,10-11,13-14,21H2,(H,22,23);1H. The summed E-state index contributed by atoms with van der Waals surface area (Å²) in [5, 5.41) is 2.95. The van der Waals surface area contributed by atoms with Crippen molar-refractivity contribution < 1.29 is 9.53 Å².